The molecule has 0 aliphatic heterocycles. The van der Waals surface area contributed by atoms with Crippen molar-refractivity contribution in [2.24, 2.45) is 0 Å². The van der Waals surface area contributed by atoms with E-state index in [1.807, 2.05) is 34.6 Å². The third kappa shape index (κ3) is 4.58. The number of hydrogen-bond donors (Lipinski definition) is 0. The molecule has 0 saturated carbocycles. The molecule has 22 heavy (non-hydrogen) atoms. The minimum absolute atomic E-state index is 0.187. The molecule has 0 saturated heterocycles. The number of esters is 2. The number of rotatable bonds is 7. The average molecular weight is 306 g/mol. The maximum absolute atomic E-state index is 12.4. The van der Waals surface area contributed by atoms with Crippen LogP contribution in [0.1, 0.15) is 74.6 Å². The highest BCUT2D eigenvalue weighted by molar-refractivity contribution is 6.03. The molecular formula is C18H26O4. The molecule has 0 bridgehead atoms. The van der Waals surface area contributed by atoms with Crippen LogP contribution >= 0.6 is 0 Å². The van der Waals surface area contributed by atoms with E-state index in [1.165, 1.54) is 0 Å². The van der Waals surface area contributed by atoms with Crippen LogP contribution in [0.3, 0.4) is 0 Å². The molecule has 1 atom stereocenters. The number of hydrogen-bond acceptors (Lipinski definition) is 4. The lowest BCUT2D eigenvalue weighted by atomic mass is 9.99. The van der Waals surface area contributed by atoms with Crippen molar-refractivity contribution in [3.05, 3.63) is 35.4 Å². The first-order valence-corrected chi connectivity index (χ1v) is 7.90. The first-order chi connectivity index (χ1) is 10.4. The van der Waals surface area contributed by atoms with Crippen molar-refractivity contribution in [1.82, 2.24) is 0 Å². The summed E-state index contributed by atoms with van der Waals surface area (Å²) in [5, 5.41) is 0. The second kappa shape index (κ2) is 7.97. The van der Waals surface area contributed by atoms with E-state index in [0.29, 0.717) is 12.8 Å². The summed E-state index contributed by atoms with van der Waals surface area (Å²) in [6.07, 6.45) is 1.97. The number of carbonyl (C=O) groups is 2. The van der Waals surface area contributed by atoms with Crippen molar-refractivity contribution in [3.63, 3.8) is 0 Å². The van der Waals surface area contributed by atoms with Gasteiger partial charge in [0.2, 0.25) is 0 Å². The van der Waals surface area contributed by atoms with E-state index < -0.39 is 17.5 Å². The predicted molar refractivity (Wildman–Crippen MR) is 86.0 cm³/mol. The second-order valence-electron chi connectivity index (χ2n) is 5.72. The van der Waals surface area contributed by atoms with Crippen molar-refractivity contribution in [3.8, 4) is 0 Å². The van der Waals surface area contributed by atoms with Gasteiger partial charge < -0.3 is 9.47 Å². The van der Waals surface area contributed by atoms with E-state index in [0.717, 1.165) is 6.42 Å². The van der Waals surface area contributed by atoms with Crippen LogP contribution in [0, 0.1) is 0 Å². The Morgan fingerprint density at radius 1 is 1.05 bits per heavy atom. The third-order valence-electron chi connectivity index (χ3n) is 4.08. The fraction of sp³-hybridized carbons (Fsp3) is 0.556. The Labute approximate surface area is 132 Å². The van der Waals surface area contributed by atoms with Crippen LogP contribution in [0.25, 0.3) is 0 Å². The molecule has 0 aliphatic rings. The predicted octanol–water partition coefficient (Wildman–Crippen LogP) is 4.38. The lowest BCUT2D eigenvalue weighted by Crippen LogP contribution is -2.31. The Morgan fingerprint density at radius 2 is 1.55 bits per heavy atom. The zero-order valence-corrected chi connectivity index (χ0v) is 14.1. The molecule has 0 aliphatic carbocycles. The smallest absolute Gasteiger partial charge is 0.339 e. The fourth-order valence-corrected chi connectivity index (χ4v) is 1.84. The lowest BCUT2D eigenvalue weighted by Gasteiger charge is -2.27. The van der Waals surface area contributed by atoms with Crippen LogP contribution < -0.4 is 0 Å². The van der Waals surface area contributed by atoms with Gasteiger partial charge in [0.1, 0.15) is 5.60 Å². The number of ether oxygens (including phenoxy) is 2. The SMILES string of the molecule is CCC(C)OC(=O)c1ccccc1C(=O)OC(C)(CC)CC. The van der Waals surface area contributed by atoms with Gasteiger partial charge in [-0.25, -0.2) is 9.59 Å². The van der Waals surface area contributed by atoms with Crippen molar-refractivity contribution >= 4 is 11.9 Å². The summed E-state index contributed by atoms with van der Waals surface area (Å²) in [5.41, 5.74) is -0.0172. The summed E-state index contributed by atoms with van der Waals surface area (Å²) >= 11 is 0. The summed E-state index contributed by atoms with van der Waals surface area (Å²) in [4.78, 5) is 24.6. The van der Waals surface area contributed by atoms with Gasteiger partial charge in [0.05, 0.1) is 17.2 Å². The van der Waals surface area contributed by atoms with Crippen molar-refractivity contribution in [1.29, 1.82) is 0 Å². The standard InChI is InChI=1S/C18H26O4/c1-6-13(4)21-16(19)14-11-9-10-12-15(14)17(20)22-18(5,7-2)8-3/h9-13H,6-8H2,1-5H3. The second-order valence-corrected chi connectivity index (χ2v) is 5.72. The first kappa shape index (κ1) is 18.2. The zero-order chi connectivity index (χ0) is 16.8. The van der Waals surface area contributed by atoms with Crippen LogP contribution in [0.5, 0.6) is 0 Å². The van der Waals surface area contributed by atoms with Crippen molar-refractivity contribution in [2.75, 3.05) is 0 Å². The first-order valence-electron chi connectivity index (χ1n) is 7.90. The van der Waals surface area contributed by atoms with Gasteiger partial charge in [-0.05, 0) is 45.2 Å². The molecule has 4 heteroatoms. The van der Waals surface area contributed by atoms with Gasteiger partial charge in [0.15, 0.2) is 0 Å². The normalized spacial score (nSPS) is 12.6. The van der Waals surface area contributed by atoms with E-state index in [4.69, 9.17) is 9.47 Å². The lowest BCUT2D eigenvalue weighted by molar-refractivity contribution is -0.0135. The van der Waals surface area contributed by atoms with Crippen LogP contribution in [0.4, 0.5) is 0 Å². The molecule has 0 N–H and O–H groups in total. The molecule has 1 unspecified atom stereocenters. The van der Waals surface area contributed by atoms with E-state index >= 15 is 0 Å². The maximum Gasteiger partial charge on any atom is 0.339 e. The topological polar surface area (TPSA) is 52.6 Å². The van der Waals surface area contributed by atoms with E-state index in [9.17, 15) is 9.59 Å². The molecule has 1 rings (SSSR count). The maximum atomic E-state index is 12.4. The Bertz CT molecular complexity index is 518. The molecule has 0 fully saturated rings. The van der Waals surface area contributed by atoms with Gasteiger partial charge >= 0.3 is 11.9 Å². The van der Waals surface area contributed by atoms with Gasteiger partial charge in [-0.2, -0.15) is 0 Å². The van der Waals surface area contributed by atoms with E-state index in [2.05, 4.69) is 0 Å². The minimum Gasteiger partial charge on any atom is -0.459 e. The molecule has 0 amide bonds. The molecule has 0 heterocycles. The molecular weight excluding hydrogens is 280 g/mol. The summed E-state index contributed by atoms with van der Waals surface area (Å²) in [7, 11) is 0. The molecule has 122 valence electrons. The largest absolute Gasteiger partial charge is 0.459 e. The van der Waals surface area contributed by atoms with Crippen LogP contribution in [0.15, 0.2) is 24.3 Å². The summed E-state index contributed by atoms with van der Waals surface area (Å²) in [6, 6.07) is 6.62. The van der Waals surface area contributed by atoms with Crippen LogP contribution in [0.2, 0.25) is 0 Å². The highest BCUT2D eigenvalue weighted by atomic mass is 16.6. The number of benzene rings is 1. The van der Waals surface area contributed by atoms with Gasteiger partial charge in [-0.15, -0.1) is 0 Å². The van der Waals surface area contributed by atoms with E-state index in [-0.39, 0.29) is 17.2 Å². The van der Waals surface area contributed by atoms with Gasteiger partial charge in [-0.1, -0.05) is 32.9 Å². The molecule has 1 aromatic rings. The van der Waals surface area contributed by atoms with Crippen molar-refractivity contribution in [2.45, 2.75) is 65.6 Å². The fourth-order valence-electron chi connectivity index (χ4n) is 1.84. The average Bonchev–Trinajstić information content (AvgIpc) is 2.54. The van der Waals surface area contributed by atoms with Gasteiger partial charge in [0, 0.05) is 0 Å². The van der Waals surface area contributed by atoms with Gasteiger partial charge in [-0.3, -0.25) is 0 Å². The zero-order valence-electron chi connectivity index (χ0n) is 14.1. The molecule has 4 nitrogen and oxygen atoms in total. The van der Waals surface area contributed by atoms with Crippen molar-refractivity contribution < 1.29 is 19.1 Å². The highest BCUT2D eigenvalue weighted by Crippen LogP contribution is 2.23. The quantitative estimate of drug-likeness (QED) is 0.702. The van der Waals surface area contributed by atoms with Crippen LogP contribution in [-0.2, 0) is 9.47 Å². The Kier molecular flexibility index (Phi) is 6.60. The number of carbonyl (C=O) groups excluding carboxylic acids is 2. The van der Waals surface area contributed by atoms with Crippen LogP contribution in [-0.4, -0.2) is 23.6 Å². The van der Waals surface area contributed by atoms with Gasteiger partial charge in [0.25, 0.3) is 0 Å². The molecule has 0 spiro atoms. The molecule has 0 radical (unpaired) electrons. The Morgan fingerprint density at radius 3 is 2.00 bits per heavy atom. The minimum atomic E-state index is -0.523. The highest BCUT2D eigenvalue weighted by Gasteiger charge is 2.28. The summed E-state index contributed by atoms with van der Waals surface area (Å²) < 4.78 is 10.9. The van der Waals surface area contributed by atoms with E-state index in [1.54, 1.807) is 24.3 Å². The molecule has 0 aromatic heterocycles. The Hall–Kier alpha value is -1.84. The Balaban J connectivity index is 3.01. The summed E-state index contributed by atoms with van der Waals surface area (Å²) in [6.45, 7) is 9.60. The molecule has 1 aromatic carbocycles. The third-order valence-corrected chi connectivity index (χ3v) is 4.08. The monoisotopic (exact) mass is 306 g/mol. The summed E-state index contributed by atoms with van der Waals surface area (Å²) in [5.74, 6) is -0.973.